The standard InChI is InChI=1S/C26H24N2O3/c1-17(2)31-20-13-11-18(12-14-20)25-16-23(22-9-4-5-10-24(22)28-25)26(29)27-19-7-6-8-21(15-19)30-3/h4-17H,1-3H3,(H,27,29). The van der Waals surface area contributed by atoms with Gasteiger partial charge in [-0.3, -0.25) is 4.79 Å². The van der Waals surface area contributed by atoms with Crippen molar-refractivity contribution in [2.45, 2.75) is 20.0 Å². The largest absolute Gasteiger partial charge is 0.497 e. The highest BCUT2D eigenvalue weighted by molar-refractivity contribution is 6.13. The molecule has 5 nitrogen and oxygen atoms in total. The second-order valence-corrected chi connectivity index (χ2v) is 7.45. The Balaban J connectivity index is 1.71. The maximum atomic E-state index is 13.2. The Morgan fingerprint density at radius 3 is 2.42 bits per heavy atom. The second-order valence-electron chi connectivity index (χ2n) is 7.45. The van der Waals surface area contributed by atoms with E-state index in [0.717, 1.165) is 27.9 Å². The molecule has 156 valence electrons. The van der Waals surface area contributed by atoms with Crippen molar-refractivity contribution in [2.75, 3.05) is 12.4 Å². The quantitative estimate of drug-likeness (QED) is 0.425. The molecule has 5 heteroatoms. The van der Waals surface area contributed by atoms with Gasteiger partial charge in [0.05, 0.1) is 30.0 Å². The highest BCUT2D eigenvalue weighted by atomic mass is 16.5. The molecule has 0 spiro atoms. The Bertz CT molecular complexity index is 1220. The SMILES string of the molecule is COc1cccc(NC(=O)c2cc(-c3ccc(OC(C)C)cc3)nc3ccccc23)c1. The van der Waals surface area contributed by atoms with Crippen LogP contribution in [-0.2, 0) is 0 Å². The monoisotopic (exact) mass is 412 g/mol. The van der Waals surface area contributed by atoms with E-state index in [2.05, 4.69) is 5.32 Å². The molecule has 0 aliphatic rings. The molecule has 1 N–H and O–H groups in total. The lowest BCUT2D eigenvalue weighted by molar-refractivity contribution is 0.102. The number of aromatic nitrogens is 1. The highest BCUT2D eigenvalue weighted by Gasteiger charge is 2.15. The molecule has 0 unspecified atom stereocenters. The lowest BCUT2D eigenvalue weighted by atomic mass is 10.0. The van der Waals surface area contributed by atoms with Crippen molar-refractivity contribution >= 4 is 22.5 Å². The highest BCUT2D eigenvalue weighted by Crippen LogP contribution is 2.27. The summed E-state index contributed by atoms with van der Waals surface area (Å²) in [5.41, 5.74) is 3.63. The number of rotatable bonds is 6. The smallest absolute Gasteiger partial charge is 0.256 e. The van der Waals surface area contributed by atoms with Crippen LogP contribution in [0.2, 0.25) is 0 Å². The lowest BCUT2D eigenvalue weighted by Gasteiger charge is -2.12. The number of benzene rings is 3. The molecule has 0 radical (unpaired) electrons. The van der Waals surface area contributed by atoms with E-state index < -0.39 is 0 Å². The van der Waals surface area contributed by atoms with E-state index in [-0.39, 0.29) is 12.0 Å². The Morgan fingerprint density at radius 1 is 0.903 bits per heavy atom. The van der Waals surface area contributed by atoms with Crippen LogP contribution in [0.4, 0.5) is 5.69 Å². The van der Waals surface area contributed by atoms with Crippen molar-refractivity contribution in [3.63, 3.8) is 0 Å². The molecule has 0 aliphatic carbocycles. The lowest BCUT2D eigenvalue weighted by Crippen LogP contribution is -2.13. The van der Waals surface area contributed by atoms with Crippen LogP contribution in [0.5, 0.6) is 11.5 Å². The van der Waals surface area contributed by atoms with Crippen LogP contribution >= 0.6 is 0 Å². The average molecular weight is 412 g/mol. The van der Waals surface area contributed by atoms with E-state index in [9.17, 15) is 4.79 Å². The number of nitrogens with one attached hydrogen (secondary N) is 1. The number of para-hydroxylation sites is 1. The fraction of sp³-hybridized carbons (Fsp3) is 0.154. The Morgan fingerprint density at radius 2 is 1.68 bits per heavy atom. The van der Waals surface area contributed by atoms with E-state index in [1.807, 2.05) is 86.6 Å². The molecule has 0 saturated heterocycles. The molecule has 0 atom stereocenters. The molecule has 1 heterocycles. The Labute approximate surface area is 181 Å². The first-order valence-electron chi connectivity index (χ1n) is 10.2. The summed E-state index contributed by atoms with van der Waals surface area (Å²) in [5.74, 6) is 1.28. The molecule has 0 bridgehead atoms. The summed E-state index contributed by atoms with van der Waals surface area (Å²) in [6.45, 7) is 3.98. The van der Waals surface area contributed by atoms with Gasteiger partial charge in [-0.1, -0.05) is 24.3 Å². The van der Waals surface area contributed by atoms with Crippen LogP contribution in [0.25, 0.3) is 22.2 Å². The van der Waals surface area contributed by atoms with E-state index >= 15 is 0 Å². The predicted octanol–water partition coefficient (Wildman–Crippen LogP) is 5.95. The van der Waals surface area contributed by atoms with Gasteiger partial charge in [-0.05, 0) is 62.4 Å². The third-order valence-corrected chi connectivity index (χ3v) is 4.81. The molecular weight excluding hydrogens is 388 g/mol. The number of carbonyl (C=O) groups excluding carboxylic acids is 1. The van der Waals surface area contributed by atoms with Crippen molar-refractivity contribution in [1.82, 2.24) is 4.98 Å². The van der Waals surface area contributed by atoms with E-state index in [1.165, 1.54) is 0 Å². The fourth-order valence-electron chi connectivity index (χ4n) is 3.39. The van der Waals surface area contributed by atoms with Crippen LogP contribution in [0.15, 0.2) is 78.9 Å². The van der Waals surface area contributed by atoms with Crippen LogP contribution in [-0.4, -0.2) is 24.1 Å². The fourth-order valence-corrected chi connectivity index (χ4v) is 3.39. The number of fused-ring (bicyclic) bond motifs is 1. The third kappa shape index (κ3) is 4.67. The minimum absolute atomic E-state index is 0.108. The summed E-state index contributed by atoms with van der Waals surface area (Å²) in [6.07, 6.45) is 0.108. The zero-order valence-corrected chi connectivity index (χ0v) is 17.8. The molecular formula is C26H24N2O3. The summed E-state index contributed by atoms with van der Waals surface area (Å²) in [6, 6.07) is 24.5. The second kappa shape index (κ2) is 8.88. The predicted molar refractivity (Wildman–Crippen MR) is 124 cm³/mol. The molecule has 4 rings (SSSR count). The third-order valence-electron chi connectivity index (χ3n) is 4.81. The molecule has 3 aromatic carbocycles. The van der Waals surface area contributed by atoms with Crippen molar-refractivity contribution in [3.05, 3.63) is 84.4 Å². The maximum absolute atomic E-state index is 13.2. The van der Waals surface area contributed by atoms with Gasteiger partial charge in [0, 0.05) is 22.7 Å². The molecule has 1 aromatic heterocycles. The van der Waals surface area contributed by atoms with Gasteiger partial charge >= 0.3 is 0 Å². The van der Waals surface area contributed by atoms with E-state index in [4.69, 9.17) is 14.5 Å². The summed E-state index contributed by atoms with van der Waals surface area (Å²) >= 11 is 0. The summed E-state index contributed by atoms with van der Waals surface area (Å²) in [7, 11) is 1.60. The maximum Gasteiger partial charge on any atom is 0.256 e. The molecule has 31 heavy (non-hydrogen) atoms. The summed E-state index contributed by atoms with van der Waals surface area (Å²) in [5, 5.41) is 3.77. The van der Waals surface area contributed by atoms with Gasteiger partial charge in [-0.15, -0.1) is 0 Å². The molecule has 0 fully saturated rings. The summed E-state index contributed by atoms with van der Waals surface area (Å²) in [4.78, 5) is 18.0. The van der Waals surface area contributed by atoms with Gasteiger partial charge in [-0.2, -0.15) is 0 Å². The number of nitrogens with zero attached hydrogens (tertiary/aromatic N) is 1. The number of pyridine rings is 1. The first-order chi connectivity index (χ1) is 15.0. The Hall–Kier alpha value is -3.86. The number of amides is 1. The molecule has 1 amide bonds. The van der Waals surface area contributed by atoms with Crippen molar-refractivity contribution in [2.24, 2.45) is 0 Å². The average Bonchev–Trinajstić information content (AvgIpc) is 2.78. The van der Waals surface area contributed by atoms with Crippen LogP contribution in [0.1, 0.15) is 24.2 Å². The van der Waals surface area contributed by atoms with Crippen LogP contribution in [0, 0.1) is 0 Å². The number of ether oxygens (including phenoxy) is 2. The van der Waals surface area contributed by atoms with Gasteiger partial charge in [0.15, 0.2) is 0 Å². The van der Waals surface area contributed by atoms with Gasteiger partial charge in [0.25, 0.3) is 5.91 Å². The van der Waals surface area contributed by atoms with Gasteiger partial charge < -0.3 is 14.8 Å². The summed E-state index contributed by atoms with van der Waals surface area (Å²) < 4.78 is 11.0. The van der Waals surface area contributed by atoms with Crippen LogP contribution in [0.3, 0.4) is 0 Å². The number of carbonyl (C=O) groups is 1. The zero-order chi connectivity index (χ0) is 21.8. The first kappa shape index (κ1) is 20.4. The van der Waals surface area contributed by atoms with Crippen molar-refractivity contribution in [3.8, 4) is 22.8 Å². The number of methoxy groups -OCH3 is 1. The topological polar surface area (TPSA) is 60.5 Å². The van der Waals surface area contributed by atoms with Crippen molar-refractivity contribution in [1.29, 1.82) is 0 Å². The van der Waals surface area contributed by atoms with Gasteiger partial charge in [0.1, 0.15) is 11.5 Å². The molecule has 0 saturated carbocycles. The van der Waals surface area contributed by atoms with E-state index in [1.54, 1.807) is 13.2 Å². The molecule has 4 aromatic rings. The van der Waals surface area contributed by atoms with Crippen molar-refractivity contribution < 1.29 is 14.3 Å². The first-order valence-corrected chi connectivity index (χ1v) is 10.2. The molecule has 0 aliphatic heterocycles. The normalized spacial score (nSPS) is 10.8. The Kier molecular flexibility index (Phi) is 5.85. The minimum atomic E-state index is -0.201. The van der Waals surface area contributed by atoms with Gasteiger partial charge in [-0.25, -0.2) is 4.98 Å². The van der Waals surface area contributed by atoms with Gasteiger partial charge in [0.2, 0.25) is 0 Å². The number of anilines is 1. The minimum Gasteiger partial charge on any atom is -0.497 e. The number of hydrogen-bond acceptors (Lipinski definition) is 4. The zero-order valence-electron chi connectivity index (χ0n) is 17.8. The number of hydrogen-bond donors (Lipinski definition) is 1. The van der Waals surface area contributed by atoms with E-state index in [0.29, 0.717) is 17.0 Å². The van der Waals surface area contributed by atoms with Crippen LogP contribution < -0.4 is 14.8 Å².